The molecule has 2 aromatic rings. The summed E-state index contributed by atoms with van der Waals surface area (Å²) in [4.78, 5) is 24.1. The first-order valence-electron chi connectivity index (χ1n) is 7.62. The second-order valence-corrected chi connectivity index (χ2v) is 4.96. The predicted octanol–water partition coefficient (Wildman–Crippen LogP) is 3.49. The van der Waals surface area contributed by atoms with Crippen LogP contribution in [-0.4, -0.2) is 19.2 Å². The maximum atomic E-state index is 12.3. The number of ether oxygens (including phenoxy) is 2. The van der Waals surface area contributed by atoms with Crippen LogP contribution in [0.25, 0.3) is 11.0 Å². The summed E-state index contributed by atoms with van der Waals surface area (Å²) in [6.07, 6.45) is 3.15. The first kappa shape index (κ1) is 16.8. The summed E-state index contributed by atoms with van der Waals surface area (Å²) in [5, 5.41) is 0.424. The minimum absolute atomic E-state index is 0.0948. The van der Waals surface area contributed by atoms with Gasteiger partial charge in [-0.2, -0.15) is 0 Å². The average molecular weight is 316 g/mol. The van der Waals surface area contributed by atoms with Gasteiger partial charge >= 0.3 is 5.97 Å². The van der Waals surface area contributed by atoms with E-state index in [-0.39, 0.29) is 17.8 Å². The molecule has 0 radical (unpaired) electrons. The van der Waals surface area contributed by atoms with E-state index in [0.717, 1.165) is 12.0 Å². The number of fused-ring (bicyclic) bond motifs is 1. The van der Waals surface area contributed by atoms with Crippen LogP contribution in [-0.2, 0) is 11.2 Å². The smallest absolute Gasteiger partial charge is 0.374 e. The molecule has 5 heteroatoms. The Bertz CT molecular complexity index is 773. The standard InChI is InChI=1S/C18H20O5/c1-4-7-13-15(22-10-5-2)9-8-12-14(19)11-16(23-17(12)13)18(20)21-6-3/h5,8-9,11H,2,4,6-7,10H2,1,3H3. The minimum Gasteiger partial charge on any atom is -0.489 e. The molecule has 5 nitrogen and oxygen atoms in total. The van der Waals surface area contributed by atoms with Gasteiger partial charge in [-0.3, -0.25) is 4.79 Å². The number of hydrogen-bond donors (Lipinski definition) is 0. The van der Waals surface area contributed by atoms with Gasteiger partial charge in [0.25, 0.3) is 0 Å². The first-order chi connectivity index (χ1) is 11.1. The Morgan fingerprint density at radius 3 is 2.78 bits per heavy atom. The Labute approximate surface area is 134 Å². The van der Waals surface area contributed by atoms with Crippen molar-refractivity contribution >= 4 is 16.9 Å². The molecule has 0 bridgehead atoms. The van der Waals surface area contributed by atoms with E-state index in [1.807, 2.05) is 6.92 Å². The summed E-state index contributed by atoms with van der Waals surface area (Å²) < 4.78 is 16.2. The first-order valence-corrected chi connectivity index (χ1v) is 7.62. The largest absolute Gasteiger partial charge is 0.489 e. The number of carbonyl (C=O) groups is 1. The summed E-state index contributed by atoms with van der Waals surface area (Å²) >= 11 is 0. The fraction of sp³-hybridized carbons (Fsp3) is 0.333. The molecule has 0 atom stereocenters. The average Bonchev–Trinajstić information content (AvgIpc) is 2.54. The molecule has 0 amide bonds. The minimum atomic E-state index is -0.647. The lowest BCUT2D eigenvalue weighted by molar-refractivity contribution is 0.0490. The third-order valence-corrected chi connectivity index (χ3v) is 3.29. The molecule has 0 unspecified atom stereocenters. The zero-order chi connectivity index (χ0) is 16.8. The lowest BCUT2D eigenvalue weighted by atomic mass is 10.0. The summed E-state index contributed by atoms with van der Waals surface area (Å²) in [6.45, 7) is 7.90. The predicted molar refractivity (Wildman–Crippen MR) is 88.1 cm³/mol. The van der Waals surface area contributed by atoms with Crippen LogP contribution in [0.15, 0.2) is 40.1 Å². The third-order valence-electron chi connectivity index (χ3n) is 3.29. The van der Waals surface area contributed by atoms with E-state index >= 15 is 0 Å². The van der Waals surface area contributed by atoms with Gasteiger partial charge in [-0.1, -0.05) is 26.0 Å². The quantitative estimate of drug-likeness (QED) is 0.578. The maximum absolute atomic E-state index is 12.3. The van der Waals surface area contributed by atoms with E-state index in [1.54, 1.807) is 25.1 Å². The second kappa shape index (κ2) is 7.63. The van der Waals surface area contributed by atoms with Gasteiger partial charge < -0.3 is 13.9 Å². The van der Waals surface area contributed by atoms with Crippen molar-refractivity contribution in [3.63, 3.8) is 0 Å². The van der Waals surface area contributed by atoms with Crippen LogP contribution in [0.1, 0.15) is 36.4 Å². The molecule has 0 saturated carbocycles. The molecule has 0 aliphatic carbocycles. The van der Waals surface area contributed by atoms with Crippen molar-refractivity contribution in [3.05, 3.63) is 52.4 Å². The molecular formula is C18H20O5. The van der Waals surface area contributed by atoms with Crippen molar-refractivity contribution in [3.8, 4) is 5.75 Å². The monoisotopic (exact) mass is 316 g/mol. The molecule has 1 aromatic carbocycles. The van der Waals surface area contributed by atoms with Gasteiger partial charge in [0, 0.05) is 11.6 Å². The van der Waals surface area contributed by atoms with Crippen LogP contribution in [0, 0.1) is 0 Å². The van der Waals surface area contributed by atoms with Crippen LogP contribution >= 0.6 is 0 Å². The van der Waals surface area contributed by atoms with Gasteiger partial charge in [-0.15, -0.1) is 0 Å². The topological polar surface area (TPSA) is 65.7 Å². The molecule has 0 N–H and O–H groups in total. The number of esters is 1. The summed E-state index contributed by atoms with van der Waals surface area (Å²) in [5.41, 5.74) is 0.876. The number of rotatable bonds is 7. The molecule has 0 spiro atoms. The Balaban J connectivity index is 2.65. The molecule has 23 heavy (non-hydrogen) atoms. The van der Waals surface area contributed by atoms with Gasteiger partial charge in [-0.05, 0) is 25.5 Å². The van der Waals surface area contributed by atoms with E-state index in [2.05, 4.69) is 6.58 Å². The fourth-order valence-corrected chi connectivity index (χ4v) is 2.33. The molecule has 0 aliphatic heterocycles. The lowest BCUT2D eigenvalue weighted by Crippen LogP contribution is -2.11. The van der Waals surface area contributed by atoms with E-state index in [1.165, 1.54) is 6.07 Å². The van der Waals surface area contributed by atoms with Crippen molar-refractivity contribution < 1.29 is 18.7 Å². The molecule has 1 heterocycles. The summed E-state index contributed by atoms with van der Waals surface area (Å²) in [6, 6.07) is 4.56. The molecule has 0 aliphatic rings. The SMILES string of the molecule is C=CCOc1ccc2c(=O)cc(C(=O)OCC)oc2c1CCC. The van der Waals surface area contributed by atoms with Gasteiger partial charge in [0.2, 0.25) is 5.76 Å². The number of hydrogen-bond acceptors (Lipinski definition) is 5. The van der Waals surface area contributed by atoms with E-state index < -0.39 is 5.97 Å². The molecule has 122 valence electrons. The Morgan fingerprint density at radius 2 is 2.13 bits per heavy atom. The maximum Gasteiger partial charge on any atom is 0.374 e. The normalized spacial score (nSPS) is 10.5. The van der Waals surface area contributed by atoms with Gasteiger partial charge in [0.15, 0.2) is 5.43 Å². The van der Waals surface area contributed by atoms with Crippen LogP contribution in [0.3, 0.4) is 0 Å². The Kier molecular flexibility index (Phi) is 5.57. The van der Waals surface area contributed by atoms with Crippen LogP contribution in [0.2, 0.25) is 0 Å². The van der Waals surface area contributed by atoms with Gasteiger partial charge in [-0.25, -0.2) is 4.79 Å². The van der Waals surface area contributed by atoms with E-state index in [4.69, 9.17) is 13.9 Å². The van der Waals surface area contributed by atoms with Crippen molar-refractivity contribution in [2.75, 3.05) is 13.2 Å². The van der Waals surface area contributed by atoms with E-state index in [9.17, 15) is 9.59 Å². The Morgan fingerprint density at radius 1 is 1.35 bits per heavy atom. The van der Waals surface area contributed by atoms with Crippen molar-refractivity contribution in [1.29, 1.82) is 0 Å². The van der Waals surface area contributed by atoms with Crippen LogP contribution in [0.4, 0.5) is 0 Å². The number of aryl methyl sites for hydroxylation is 1. The lowest BCUT2D eigenvalue weighted by Gasteiger charge is -2.12. The molecule has 0 saturated heterocycles. The van der Waals surface area contributed by atoms with E-state index in [0.29, 0.717) is 29.7 Å². The molecule has 2 rings (SSSR count). The highest BCUT2D eigenvalue weighted by Gasteiger charge is 2.17. The van der Waals surface area contributed by atoms with Gasteiger partial charge in [0.05, 0.1) is 12.0 Å². The molecule has 1 aromatic heterocycles. The highest BCUT2D eigenvalue weighted by molar-refractivity contribution is 5.90. The third kappa shape index (κ3) is 3.62. The number of carbonyl (C=O) groups excluding carboxylic acids is 1. The highest BCUT2D eigenvalue weighted by Crippen LogP contribution is 2.29. The Hall–Kier alpha value is -2.56. The van der Waals surface area contributed by atoms with Crippen LogP contribution < -0.4 is 10.2 Å². The highest BCUT2D eigenvalue weighted by atomic mass is 16.5. The van der Waals surface area contributed by atoms with Crippen molar-refractivity contribution in [1.82, 2.24) is 0 Å². The van der Waals surface area contributed by atoms with Crippen LogP contribution in [0.5, 0.6) is 5.75 Å². The molecular weight excluding hydrogens is 296 g/mol. The zero-order valence-electron chi connectivity index (χ0n) is 13.4. The van der Waals surface area contributed by atoms with Crippen molar-refractivity contribution in [2.45, 2.75) is 26.7 Å². The zero-order valence-corrected chi connectivity index (χ0v) is 13.4. The summed E-state index contributed by atoms with van der Waals surface area (Å²) in [7, 11) is 0. The summed E-state index contributed by atoms with van der Waals surface area (Å²) in [5.74, 6) is -0.114. The number of benzene rings is 1. The second-order valence-electron chi connectivity index (χ2n) is 4.96. The molecule has 0 fully saturated rings. The van der Waals surface area contributed by atoms with Gasteiger partial charge in [0.1, 0.15) is 17.9 Å². The fourth-order valence-electron chi connectivity index (χ4n) is 2.33. The van der Waals surface area contributed by atoms with Crippen molar-refractivity contribution in [2.24, 2.45) is 0 Å².